The van der Waals surface area contributed by atoms with Crippen LogP contribution in [0.4, 0.5) is 11.5 Å². The number of pyridine rings is 1. The normalized spacial score (nSPS) is 12.5. The van der Waals surface area contributed by atoms with E-state index in [9.17, 15) is 0 Å². The highest BCUT2D eigenvalue weighted by atomic mass is 16.3. The molecule has 0 radical (unpaired) electrons. The molecule has 0 aliphatic carbocycles. The summed E-state index contributed by atoms with van der Waals surface area (Å²) in [7, 11) is 0. The number of aromatic nitrogens is 1. The number of nitrogens with two attached hydrogens (primary N) is 1. The first-order chi connectivity index (χ1) is 6.18. The van der Waals surface area contributed by atoms with Crippen LogP contribution in [0.2, 0.25) is 0 Å². The van der Waals surface area contributed by atoms with Gasteiger partial charge in [-0.25, -0.2) is 4.98 Å². The summed E-state index contributed by atoms with van der Waals surface area (Å²) in [4.78, 5) is 3.87. The highest BCUT2D eigenvalue weighted by Gasteiger charge is 1.96. The quantitative estimate of drug-likeness (QED) is 0.644. The molecule has 0 saturated carbocycles. The van der Waals surface area contributed by atoms with Crippen molar-refractivity contribution in [3.63, 3.8) is 0 Å². The molecule has 1 heterocycles. The monoisotopic (exact) mass is 181 g/mol. The van der Waals surface area contributed by atoms with Gasteiger partial charge in [0.1, 0.15) is 5.82 Å². The summed E-state index contributed by atoms with van der Waals surface area (Å²) in [5, 5.41) is 12.1. The van der Waals surface area contributed by atoms with Gasteiger partial charge in [0, 0.05) is 24.5 Å². The first-order valence-electron chi connectivity index (χ1n) is 4.32. The van der Waals surface area contributed by atoms with Crippen molar-refractivity contribution in [2.45, 2.75) is 19.4 Å². The van der Waals surface area contributed by atoms with Gasteiger partial charge < -0.3 is 16.2 Å². The standard InChI is InChI=1S/C9H15N3O/c1-7(13)2-4-11-8-3-5-12-9(10)6-8/h3,5-7,13H,2,4H2,1H3,(H3,10,11,12). The Morgan fingerprint density at radius 3 is 3.08 bits per heavy atom. The Balaban J connectivity index is 2.37. The predicted molar refractivity (Wildman–Crippen MR) is 53.4 cm³/mol. The Kier molecular flexibility index (Phi) is 3.52. The van der Waals surface area contributed by atoms with E-state index in [4.69, 9.17) is 10.8 Å². The second-order valence-electron chi connectivity index (χ2n) is 3.03. The number of aliphatic hydroxyl groups excluding tert-OH is 1. The van der Waals surface area contributed by atoms with Gasteiger partial charge in [0.05, 0.1) is 6.10 Å². The molecule has 0 spiro atoms. The van der Waals surface area contributed by atoms with E-state index >= 15 is 0 Å². The summed E-state index contributed by atoms with van der Waals surface area (Å²) in [5.41, 5.74) is 6.43. The van der Waals surface area contributed by atoms with E-state index < -0.39 is 0 Å². The Morgan fingerprint density at radius 1 is 1.69 bits per heavy atom. The number of hydrogen-bond acceptors (Lipinski definition) is 4. The van der Waals surface area contributed by atoms with Gasteiger partial charge in [-0.05, 0) is 19.4 Å². The van der Waals surface area contributed by atoms with E-state index in [-0.39, 0.29) is 6.10 Å². The lowest BCUT2D eigenvalue weighted by Crippen LogP contribution is -2.09. The van der Waals surface area contributed by atoms with E-state index in [1.165, 1.54) is 0 Å². The van der Waals surface area contributed by atoms with Crippen LogP contribution in [0, 0.1) is 0 Å². The number of anilines is 2. The molecule has 1 aromatic rings. The minimum absolute atomic E-state index is 0.272. The topological polar surface area (TPSA) is 71.2 Å². The zero-order chi connectivity index (χ0) is 9.68. The van der Waals surface area contributed by atoms with Gasteiger partial charge in [-0.1, -0.05) is 0 Å². The Morgan fingerprint density at radius 2 is 2.46 bits per heavy atom. The lowest BCUT2D eigenvalue weighted by molar-refractivity contribution is 0.189. The van der Waals surface area contributed by atoms with Crippen LogP contribution in [-0.4, -0.2) is 22.7 Å². The van der Waals surface area contributed by atoms with Gasteiger partial charge in [0.15, 0.2) is 0 Å². The molecular weight excluding hydrogens is 166 g/mol. The molecule has 4 nitrogen and oxygen atoms in total. The number of nitrogens with one attached hydrogen (secondary N) is 1. The summed E-state index contributed by atoms with van der Waals surface area (Å²) in [6, 6.07) is 3.61. The van der Waals surface area contributed by atoms with Crippen LogP contribution in [-0.2, 0) is 0 Å². The first kappa shape index (κ1) is 9.80. The molecule has 4 N–H and O–H groups in total. The lowest BCUT2D eigenvalue weighted by atomic mass is 10.3. The molecular formula is C9H15N3O. The van der Waals surface area contributed by atoms with Crippen LogP contribution in [0.15, 0.2) is 18.3 Å². The Labute approximate surface area is 77.8 Å². The van der Waals surface area contributed by atoms with Gasteiger partial charge in [0.2, 0.25) is 0 Å². The van der Waals surface area contributed by atoms with Crippen LogP contribution in [0.1, 0.15) is 13.3 Å². The van der Waals surface area contributed by atoms with Crippen molar-refractivity contribution in [3.8, 4) is 0 Å². The molecule has 0 saturated heterocycles. The van der Waals surface area contributed by atoms with E-state index in [1.807, 2.05) is 6.07 Å². The number of nitrogen functional groups attached to an aromatic ring is 1. The Bertz CT molecular complexity index is 263. The van der Waals surface area contributed by atoms with Crippen molar-refractivity contribution in [2.24, 2.45) is 0 Å². The smallest absolute Gasteiger partial charge is 0.125 e. The zero-order valence-electron chi connectivity index (χ0n) is 7.70. The number of rotatable bonds is 4. The lowest BCUT2D eigenvalue weighted by Gasteiger charge is -2.07. The van der Waals surface area contributed by atoms with Crippen molar-refractivity contribution in [2.75, 3.05) is 17.6 Å². The van der Waals surface area contributed by atoms with E-state index in [0.29, 0.717) is 5.82 Å². The molecule has 4 heteroatoms. The summed E-state index contributed by atoms with van der Waals surface area (Å²) in [6.45, 7) is 2.50. The minimum Gasteiger partial charge on any atom is -0.393 e. The maximum atomic E-state index is 9.01. The van der Waals surface area contributed by atoms with Gasteiger partial charge in [-0.2, -0.15) is 0 Å². The maximum absolute atomic E-state index is 9.01. The van der Waals surface area contributed by atoms with Gasteiger partial charge in [-0.3, -0.25) is 0 Å². The van der Waals surface area contributed by atoms with Crippen molar-refractivity contribution in [1.29, 1.82) is 0 Å². The van der Waals surface area contributed by atoms with Crippen LogP contribution in [0.25, 0.3) is 0 Å². The van der Waals surface area contributed by atoms with Gasteiger partial charge in [-0.15, -0.1) is 0 Å². The van der Waals surface area contributed by atoms with Crippen molar-refractivity contribution in [1.82, 2.24) is 4.98 Å². The fourth-order valence-electron chi connectivity index (χ4n) is 0.984. The third-order valence-electron chi connectivity index (χ3n) is 1.67. The van der Waals surface area contributed by atoms with Gasteiger partial charge >= 0.3 is 0 Å². The van der Waals surface area contributed by atoms with E-state index in [0.717, 1.165) is 18.7 Å². The summed E-state index contributed by atoms with van der Waals surface area (Å²) in [5.74, 6) is 0.502. The molecule has 0 aliphatic heterocycles. The third kappa shape index (κ3) is 3.75. The molecule has 72 valence electrons. The summed E-state index contributed by atoms with van der Waals surface area (Å²) in [6.07, 6.45) is 2.11. The summed E-state index contributed by atoms with van der Waals surface area (Å²) >= 11 is 0. The van der Waals surface area contributed by atoms with Crippen LogP contribution >= 0.6 is 0 Å². The van der Waals surface area contributed by atoms with Gasteiger partial charge in [0.25, 0.3) is 0 Å². The molecule has 0 amide bonds. The molecule has 1 aromatic heterocycles. The predicted octanol–water partition coefficient (Wildman–Crippen LogP) is 0.847. The van der Waals surface area contributed by atoms with Crippen molar-refractivity contribution < 1.29 is 5.11 Å². The molecule has 0 aromatic carbocycles. The molecule has 1 atom stereocenters. The van der Waals surface area contributed by atoms with Crippen molar-refractivity contribution >= 4 is 11.5 Å². The summed E-state index contributed by atoms with van der Waals surface area (Å²) < 4.78 is 0. The van der Waals surface area contributed by atoms with E-state index in [1.54, 1.807) is 19.2 Å². The van der Waals surface area contributed by atoms with Crippen LogP contribution < -0.4 is 11.1 Å². The fraction of sp³-hybridized carbons (Fsp3) is 0.444. The first-order valence-corrected chi connectivity index (χ1v) is 4.32. The third-order valence-corrected chi connectivity index (χ3v) is 1.67. The second-order valence-corrected chi connectivity index (χ2v) is 3.03. The molecule has 0 aliphatic rings. The molecule has 0 bridgehead atoms. The molecule has 1 unspecified atom stereocenters. The number of nitrogens with zero attached hydrogens (tertiary/aromatic N) is 1. The maximum Gasteiger partial charge on any atom is 0.125 e. The minimum atomic E-state index is -0.272. The average molecular weight is 181 g/mol. The average Bonchev–Trinajstić information content (AvgIpc) is 2.03. The van der Waals surface area contributed by atoms with Crippen molar-refractivity contribution in [3.05, 3.63) is 18.3 Å². The molecule has 0 fully saturated rings. The van der Waals surface area contributed by atoms with E-state index in [2.05, 4.69) is 10.3 Å². The highest BCUT2D eigenvalue weighted by Crippen LogP contribution is 2.08. The largest absolute Gasteiger partial charge is 0.393 e. The Hall–Kier alpha value is -1.29. The fourth-order valence-corrected chi connectivity index (χ4v) is 0.984. The molecule has 13 heavy (non-hydrogen) atoms. The highest BCUT2D eigenvalue weighted by molar-refractivity contribution is 5.49. The second kappa shape index (κ2) is 4.67. The van der Waals surface area contributed by atoms with Crippen LogP contribution in [0.5, 0.6) is 0 Å². The SMILES string of the molecule is CC(O)CCNc1ccnc(N)c1. The molecule has 1 rings (SSSR count). The van der Waals surface area contributed by atoms with Crippen LogP contribution in [0.3, 0.4) is 0 Å². The number of aliphatic hydroxyl groups is 1. The zero-order valence-corrected chi connectivity index (χ0v) is 7.70. The number of hydrogen-bond donors (Lipinski definition) is 3.